The Morgan fingerprint density at radius 3 is 2.32 bits per heavy atom. The van der Waals surface area contributed by atoms with E-state index in [0.717, 1.165) is 5.56 Å². The number of hydrazone groups is 1. The Balaban J connectivity index is 1.92. The predicted octanol–water partition coefficient (Wildman–Crippen LogP) is 0.732. The highest BCUT2D eigenvalue weighted by Crippen LogP contribution is 2.13. The second kappa shape index (κ2) is 7.03. The number of hydrogen-bond acceptors (Lipinski definition) is 7. The van der Waals surface area contributed by atoms with Crippen molar-refractivity contribution >= 4 is 21.2 Å². The zero-order valence-corrected chi connectivity index (χ0v) is 12.7. The van der Waals surface area contributed by atoms with Gasteiger partial charge in [0.15, 0.2) is 9.84 Å². The van der Waals surface area contributed by atoms with Crippen LogP contribution in [-0.2, 0) is 16.4 Å². The lowest BCUT2D eigenvalue weighted by Crippen LogP contribution is -2.39. The molecule has 0 saturated carbocycles. The smallest absolute Gasteiger partial charge is 0.237 e. The van der Waals surface area contributed by atoms with Crippen LogP contribution in [0.15, 0.2) is 29.4 Å². The first-order valence-corrected chi connectivity index (χ1v) is 8.50. The van der Waals surface area contributed by atoms with Crippen molar-refractivity contribution < 1.29 is 8.42 Å². The van der Waals surface area contributed by atoms with Crippen molar-refractivity contribution in [3.63, 3.8) is 0 Å². The van der Waals surface area contributed by atoms with E-state index in [-0.39, 0.29) is 17.2 Å². The van der Waals surface area contributed by atoms with Crippen LogP contribution < -0.4 is 5.43 Å². The minimum atomic E-state index is -2.85. The van der Waals surface area contributed by atoms with Gasteiger partial charge < -0.3 is 0 Å². The Kier molecular flexibility index (Phi) is 5.10. The first-order chi connectivity index (χ1) is 10.5. The van der Waals surface area contributed by atoms with Crippen LogP contribution in [0.3, 0.4) is 0 Å². The summed E-state index contributed by atoms with van der Waals surface area (Å²) in [6, 6.07) is 10.7. The molecule has 114 valence electrons. The summed E-state index contributed by atoms with van der Waals surface area (Å²) in [5, 5.41) is 20.8. The molecule has 0 atom stereocenters. The standard InChI is InChI=1S/C14H15N5O2S/c15-9-14(10-16)18-17-13-3-1-12(2-4-13)11-19-5-7-22(20,21)8-6-19/h1-4,17H,5-8,11H2. The normalized spacial score (nSPS) is 17.0. The van der Waals surface area contributed by atoms with Crippen LogP contribution in [0.25, 0.3) is 0 Å². The van der Waals surface area contributed by atoms with E-state index in [2.05, 4.69) is 15.4 Å². The lowest BCUT2D eigenvalue weighted by molar-refractivity contribution is 0.287. The van der Waals surface area contributed by atoms with E-state index >= 15 is 0 Å². The van der Waals surface area contributed by atoms with Crippen LogP contribution in [0.1, 0.15) is 5.56 Å². The molecule has 1 fully saturated rings. The van der Waals surface area contributed by atoms with E-state index in [1.807, 2.05) is 12.1 Å². The number of nitriles is 2. The quantitative estimate of drug-likeness (QED) is 0.647. The Morgan fingerprint density at radius 1 is 1.18 bits per heavy atom. The van der Waals surface area contributed by atoms with Gasteiger partial charge in [0.2, 0.25) is 5.71 Å². The van der Waals surface area contributed by atoms with Crippen LogP contribution in [0, 0.1) is 22.7 Å². The number of nitrogens with zero attached hydrogens (tertiary/aromatic N) is 4. The predicted molar refractivity (Wildman–Crippen MR) is 82.7 cm³/mol. The van der Waals surface area contributed by atoms with Crippen LogP contribution in [0.4, 0.5) is 5.69 Å². The average Bonchev–Trinajstić information content (AvgIpc) is 2.52. The fourth-order valence-electron chi connectivity index (χ4n) is 2.05. The molecule has 0 bridgehead atoms. The van der Waals surface area contributed by atoms with Gasteiger partial charge in [0.1, 0.15) is 12.1 Å². The molecule has 2 rings (SSSR count). The van der Waals surface area contributed by atoms with E-state index < -0.39 is 9.84 Å². The Morgan fingerprint density at radius 2 is 1.77 bits per heavy atom. The molecule has 0 spiro atoms. The maximum Gasteiger partial charge on any atom is 0.237 e. The fourth-order valence-corrected chi connectivity index (χ4v) is 3.32. The molecule has 1 heterocycles. The zero-order valence-electron chi connectivity index (χ0n) is 11.9. The van der Waals surface area contributed by atoms with Gasteiger partial charge in [-0.3, -0.25) is 10.3 Å². The monoisotopic (exact) mass is 317 g/mol. The Hall–Kier alpha value is -2.42. The van der Waals surface area contributed by atoms with Crippen molar-refractivity contribution in [3.05, 3.63) is 29.8 Å². The maximum absolute atomic E-state index is 11.4. The largest absolute Gasteiger partial charge is 0.297 e. The van der Waals surface area contributed by atoms with Crippen molar-refractivity contribution in [2.45, 2.75) is 6.54 Å². The topological polar surface area (TPSA) is 109 Å². The number of nitrogens with one attached hydrogen (secondary N) is 1. The molecular weight excluding hydrogens is 302 g/mol. The van der Waals surface area contributed by atoms with Crippen LogP contribution in [0.2, 0.25) is 0 Å². The molecule has 1 saturated heterocycles. The fraction of sp³-hybridized carbons (Fsp3) is 0.357. The highest BCUT2D eigenvalue weighted by Gasteiger charge is 2.21. The molecule has 1 aliphatic rings. The SMILES string of the molecule is N#CC(C#N)=NNc1ccc(CN2CCS(=O)(=O)CC2)cc1. The number of anilines is 1. The lowest BCUT2D eigenvalue weighted by Gasteiger charge is -2.26. The number of benzene rings is 1. The van der Waals surface area contributed by atoms with Gasteiger partial charge in [0.25, 0.3) is 0 Å². The third kappa shape index (κ3) is 4.55. The minimum absolute atomic E-state index is 0.215. The molecule has 22 heavy (non-hydrogen) atoms. The van der Waals surface area contributed by atoms with E-state index in [1.165, 1.54) is 0 Å². The molecule has 0 aliphatic carbocycles. The second-order valence-electron chi connectivity index (χ2n) is 4.92. The first-order valence-electron chi connectivity index (χ1n) is 6.68. The summed E-state index contributed by atoms with van der Waals surface area (Å²) in [5.41, 5.74) is 4.14. The van der Waals surface area contributed by atoms with Gasteiger partial charge in [0, 0.05) is 19.6 Å². The molecule has 1 aromatic rings. The summed E-state index contributed by atoms with van der Waals surface area (Å²) in [7, 11) is -2.85. The van der Waals surface area contributed by atoms with Gasteiger partial charge >= 0.3 is 0 Å². The molecule has 0 aromatic heterocycles. The summed E-state index contributed by atoms with van der Waals surface area (Å²) >= 11 is 0. The first kappa shape index (κ1) is 16.0. The number of sulfone groups is 1. The van der Waals surface area contributed by atoms with Gasteiger partial charge in [-0.25, -0.2) is 8.42 Å². The molecule has 0 radical (unpaired) electrons. The van der Waals surface area contributed by atoms with Gasteiger partial charge in [0.05, 0.1) is 17.2 Å². The van der Waals surface area contributed by atoms with Crippen molar-refractivity contribution in [3.8, 4) is 12.1 Å². The third-order valence-electron chi connectivity index (χ3n) is 3.31. The van der Waals surface area contributed by atoms with E-state index in [1.54, 1.807) is 24.3 Å². The van der Waals surface area contributed by atoms with Gasteiger partial charge in [-0.1, -0.05) is 12.1 Å². The highest BCUT2D eigenvalue weighted by molar-refractivity contribution is 7.91. The van der Waals surface area contributed by atoms with E-state index in [4.69, 9.17) is 10.5 Å². The van der Waals surface area contributed by atoms with Crippen molar-refractivity contribution in [1.29, 1.82) is 10.5 Å². The summed E-state index contributed by atoms with van der Waals surface area (Å²) in [5.74, 6) is 0.429. The molecule has 1 aliphatic heterocycles. The van der Waals surface area contributed by atoms with Crippen molar-refractivity contribution in [1.82, 2.24) is 4.90 Å². The summed E-state index contributed by atoms with van der Waals surface area (Å²) < 4.78 is 22.8. The number of rotatable bonds is 4. The van der Waals surface area contributed by atoms with Gasteiger partial charge in [-0.2, -0.15) is 15.6 Å². The zero-order chi connectivity index (χ0) is 16.0. The number of hydrogen-bond donors (Lipinski definition) is 1. The molecule has 8 heteroatoms. The van der Waals surface area contributed by atoms with Gasteiger partial charge in [-0.05, 0) is 17.7 Å². The van der Waals surface area contributed by atoms with Crippen molar-refractivity contribution in [2.24, 2.45) is 5.10 Å². The van der Waals surface area contributed by atoms with Crippen LogP contribution >= 0.6 is 0 Å². The second-order valence-corrected chi connectivity index (χ2v) is 7.22. The van der Waals surface area contributed by atoms with Crippen LogP contribution in [0.5, 0.6) is 0 Å². The summed E-state index contributed by atoms with van der Waals surface area (Å²) in [6.45, 7) is 1.81. The molecular formula is C14H15N5O2S. The van der Waals surface area contributed by atoms with Crippen molar-refractivity contribution in [2.75, 3.05) is 30.0 Å². The summed E-state index contributed by atoms with van der Waals surface area (Å²) in [4.78, 5) is 2.10. The van der Waals surface area contributed by atoms with Gasteiger partial charge in [-0.15, -0.1) is 0 Å². The lowest BCUT2D eigenvalue weighted by atomic mass is 10.2. The Bertz CT molecular complexity index is 711. The average molecular weight is 317 g/mol. The highest BCUT2D eigenvalue weighted by atomic mass is 32.2. The summed E-state index contributed by atoms with van der Waals surface area (Å²) in [6.07, 6.45) is 0. The van der Waals surface area contributed by atoms with Crippen LogP contribution in [-0.4, -0.2) is 43.6 Å². The minimum Gasteiger partial charge on any atom is -0.297 e. The molecule has 7 nitrogen and oxygen atoms in total. The van der Waals surface area contributed by atoms with E-state index in [0.29, 0.717) is 25.3 Å². The third-order valence-corrected chi connectivity index (χ3v) is 4.91. The molecule has 1 aromatic carbocycles. The molecule has 1 N–H and O–H groups in total. The Labute approximate surface area is 129 Å². The molecule has 0 amide bonds. The molecule has 0 unspecified atom stereocenters. The van der Waals surface area contributed by atoms with E-state index in [9.17, 15) is 8.42 Å². The maximum atomic E-state index is 11.4.